The van der Waals surface area contributed by atoms with E-state index in [-0.39, 0.29) is 5.91 Å². The summed E-state index contributed by atoms with van der Waals surface area (Å²) < 4.78 is 1.15. The molecule has 1 aliphatic rings. The lowest BCUT2D eigenvalue weighted by Gasteiger charge is -2.36. The summed E-state index contributed by atoms with van der Waals surface area (Å²) in [4.78, 5) is 16.8. The maximum atomic E-state index is 12.5. The smallest absolute Gasteiger partial charge is 0.253 e. The molecule has 0 atom stereocenters. The summed E-state index contributed by atoms with van der Waals surface area (Å²) in [6.45, 7) is 5.44. The van der Waals surface area contributed by atoms with E-state index in [0.29, 0.717) is 0 Å². The van der Waals surface area contributed by atoms with Gasteiger partial charge in [0, 0.05) is 41.0 Å². The molecule has 2 aromatic rings. The molecule has 1 heterocycles. The third-order valence-electron chi connectivity index (χ3n) is 4.02. The van der Waals surface area contributed by atoms with Crippen molar-refractivity contribution < 1.29 is 4.79 Å². The predicted molar refractivity (Wildman–Crippen MR) is 98.5 cm³/mol. The zero-order valence-corrected chi connectivity index (χ0v) is 14.8. The van der Waals surface area contributed by atoms with Crippen LogP contribution in [-0.4, -0.2) is 37.0 Å². The molecule has 0 radical (unpaired) electrons. The van der Waals surface area contributed by atoms with Crippen molar-refractivity contribution in [2.75, 3.05) is 31.1 Å². The van der Waals surface area contributed by atoms with Crippen molar-refractivity contribution in [3.63, 3.8) is 0 Å². The fourth-order valence-corrected chi connectivity index (χ4v) is 3.13. The van der Waals surface area contributed by atoms with Gasteiger partial charge in [-0.3, -0.25) is 4.79 Å². The summed E-state index contributed by atoms with van der Waals surface area (Å²) >= 11 is 2.25. The average molecular weight is 406 g/mol. The molecule has 1 fully saturated rings. The van der Waals surface area contributed by atoms with E-state index in [9.17, 15) is 4.79 Å². The standard InChI is InChI=1S/C18H19IN2O/c1-14-3-2-4-17(13-14)20-9-11-21(12-10-20)18(22)15-5-7-16(19)8-6-15/h2-8,13H,9-12H2,1H3. The van der Waals surface area contributed by atoms with Crippen LogP contribution in [0.1, 0.15) is 15.9 Å². The lowest BCUT2D eigenvalue weighted by molar-refractivity contribution is 0.0747. The molecule has 0 unspecified atom stereocenters. The summed E-state index contributed by atoms with van der Waals surface area (Å²) in [5, 5.41) is 0. The Morgan fingerprint density at radius 1 is 1.00 bits per heavy atom. The van der Waals surface area contributed by atoms with Gasteiger partial charge < -0.3 is 9.80 Å². The van der Waals surface area contributed by atoms with Gasteiger partial charge in [0.25, 0.3) is 5.91 Å². The molecule has 1 saturated heterocycles. The van der Waals surface area contributed by atoms with E-state index in [1.165, 1.54) is 11.3 Å². The van der Waals surface area contributed by atoms with Crippen LogP contribution in [0.15, 0.2) is 48.5 Å². The molecule has 2 aromatic carbocycles. The molecule has 0 N–H and O–H groups in total. The normalized spacial score (nSPS) is 15.0. The van der Waals surface area contributed by atoms with E-state index in [0.717, 1.165) is 35.3 Å². The van der Waals surface area contributed by atoms with Crippen molar-refractivity contribution in [1.82, 2.24) is 4.90 Å². The largest absolute Gasteiger partial charge is 0.368 e. The lowest BCUT2D eigenvalue weighted by atomic mass is 10.1. The van der Waals surface area contributed by atoms with Gasteiger partial charge in [0.15, 0.2) is 0 Å². The van der Waals surface area contributed by atoms with E-state index in [1.54, 1.807) is 0 Å². The molecule has 0 bridgehead atoms. The van der Waals surface area contributed by atoms with Crippen LogP contribution in [0.2, 0.25) is 0 Å². The topological polar surface area (TPSA) is 23.6 Å². The molecular weight excluding hydrogens is 387 g/mol. The molecule has 3 nitrogen and oxygen atoms in total. The Morgan fingerprint density at radius 2 is 1.68 bits per heavy atom. The maximum absolute atomic E-state index is 12.5. The van der Waals surface area contributed by atoms with E-state index in [2.05, 4.69) is 58.7 Å². The molecule has 3 rings (SSSR count). The molecular formula is C18H19IN2O. The van der Waals surface area contributed by atoms with Crippen molar-refractivity contribution in [2.45, 2.75) is 6.92 Å². The number of carbonyl (C=O) groups is 1. The van der Waals surface area contributed by atoms with Gasteiger partial charge in [0.1, 0.15) is 0 Å². The zero-order chi connectivity index (χ0) is 15.5. The third kappa shape index (κ3) is 3.43. The SMILES string of the molecule is Cc1cccc(N2CCN(C(=O)c3ccc(I)cc3)CC2)c1. The number of aryl methyl sites for hydroxylation is 1. The van der Waals surface area contributed by atoms with Crippen LogP contribution in [0, 0.1) is 10.5 Å². The maximum Gasteiger partial charge on any atom is 0.253 e. The molecule has 0 aliphatic carbocycles. The molecule has 0 aromatic heterocycles. The van der Waals surface area contributed by atoms with E-state index in [4.69, 9.17) is 0 Å². The zero-order valence-electron chi connectivity index (χ0n) is 12.6. The van der Waals surface area contributed by atoms with Crippen molar-refractivity contribution in [1.29, 1.82) is 0 Å². The molecule has 0 spiro atoms. The first-order valence-corrected chi connectivity index (χ1v) is 8.58. The van der Waals surface area contributed by atoms with Crippen LogP contribution < -0.4 is 4.90 Å². The highest BCUT2D eigenvalue weighted by molar-refractivity contribution is 14.1. The first-order chi connectivity index (χ1) is 10.6. The second-order valence-corrected chi connectivity index (χ2v) is 6.87. The van der Waals surface area contributed by atoms with Gasteiger partial charge in [-0.1, -0.05) is 12.1 Å². The van der Waals surface area contributed by atoms with Crippen LogP contribution in [0.5, 0.6) is 0 Å². The molecule has 22 heavy (non-hydrogen) atoms. The van der Waals surface area contributed by atoms with Crippen LogP contribution in [0.3, 0.4) is 0 Å². The van der Waals surface area contributed by atoms with E-state index in [1.807, 2.05) is 29.2 Å². The van der Waals surface area contributed by atoms with Gasteiger partial charge in [-0.2, -0.15) is 0 Å². The fraction of sp³-hybridized carbons (Fsp3) is 0.278. The Morgan fingerprint density at radius 3 is 2.32 bits per heavy atom. The minimum Gasteiger partial charge on any atom is -0.368 e. The van der Waals surface area contributed by atoms with E-state index < -0.39 is 0 Å². The molecule has 4 heteroatoms. The first-order valence-electron chi connectivity index (χ1n) is 7.50. The number of halogens is 1. The number of nitrogens with zero attached hydrogens (tertiary/aromatic N) is 2. The van der Waals surface area contributed by atoms with Gasteiger partial charge in [-0.15, -0.1) is 0 Å². The number of hydrogen-bond acceptors (Lipinski definition) is 2. The average Bonchev–Trinajstić information content (AvgIpc) is 2.55. The van der Waals surface area contributed by atoms with Crippen LogP contribution in [-0.2, 0) is 0 Å². The highest BCUT2D eigenvalue weighted by Crippen LogP contribution is 2.19. The number of hydrogen-bond donors (Lipinski definition) is 0. The molecule has 1 amide bonds. The Balaban J connectivity index is 1.64. The monoisotopic (exact) mass is 406 g/mol. The highest BCUT2D eigenvalue weighted by atomic mass is 127. The van der Waals surface area contributed by atoms with Gasteiger partial charge >= 0.3 is 0 Å². The second kappa shape index (κ2) is 6.69. The molecule has 114 valence electrons. The molecule has 1 aliphatic heterocycles. The highest BCUT2D eigenvalue weighted by Gasteiger charge is 2.22. The van der Waals surface area contributed by atoms with Crippen molar-refractivity contribution in [3.05, 3.63) is 63.2 Å². The van der Waals surface area contributed by atoms with Gasteiger partial charge in [-0.25, -0.2) is 0 Å². The second-order valence-electron chi connectivity index (χ2n) is 5.63. The summed E-state index contributed by atoms with van der Waals surface area (Å²) in [6, 6.07) is 16.3. The summed E-state index contributed by atoms with van der Waals surface area (Å²) in [6.07, 6.45) is 0. The number of anilines is 1. The minimum atomic E-state index is 0.139. The van der Waals surface area contributed by atoms with Crippen molar-refractivity contribution in [2.24, 2.45) is 0 Å². The Labute approximate surface area is 145 Å². The van der Waals surface area contributed by atoms with Crippen LogP contribution in [0.4, 0.5) is 5.69 Å². The quantitative estimate of drug-likeness (QED) is 0.713. The number of piperazine rings is 1. The first kappa shape index (κ1) is 15.3. The lowest BCUT2D eigenvalue weighted by Crippen LogP contribution is -2.48. The van der Waals surface area contributed by atoms with Crippen LogP contribution in [0.25, 0.3) is 0 Å². The Kier molecular flexibility index (Phi) is 4.66. The van der Waals surface area contributed by atoms with E-state index >= 15 is 0 Å². The summed E-state index contributed by atoms with van der Waals surface area (Å²) in [5.41, 5.74) is 3.31. The van der Waals surface area contributed by atoms with Gasteiger partial charge in [-0.05, 0) is 71.5 Å². The minimum absolute atomic E-state index is 0.139. The van der Waals surface area contributed by atoms with Gasteiger partial charge in [0.05, 0.1) is 0 Å². The third-order valence-corrected chi connectivity index (χ3v) is 4.74. The van der Waals surface area contributed by atoms with Crippen LogP contribution >= 0.6 is 22.6 Å². The summed E-state index contributed by atoms with van der Waals surface area (Å²) in [7, 11) is 0. The van der Waals surface area contributed by atoms with Gasteiger partial charge in [0.2, 0.25) is 0 Å². The van der Waals surface area contributed by atoms with Crippen molar-refractivity contribution in [3.8, 4) is 0 Å². The Hall–Kier alpha value is -1.56. The fourth-order valence-electron chi connectivity index (χ4n) is 2.77. The van der Waals surface area contributed by atoms with Crippen molar-refractivity contribution >= 4 is 34.2 Å². The Bertz CT molecular complexity index is 661. The molecule has 0 saturated carbocycles. The predicted octanol–water partition coefficient (Wildman–Crippen LogP) is 3.56. The number of amides is 1. The number of benzene rings is 2. The summed E-state index contributed by atoms with van der Waals surface area (Å²) in [5.74, 6) is 0.139. The number of rotatable bonds is 2. The number of carbonyl (C=O) groups excluding carboxylic acids is 1.